The van der Waals surface area contributed by atoms with Gasteiger partial charge in [0.1, 0.15) is 5.75 Å². The first-order chi connectivity index (χ1) is 13.0. The van der Waals surface area contributed by atoms with Crippen molar-refractivity contribution in [2.75, 3.05) is 13.2 Å². The third-order valence-electron chi connectivity index (χ3n) is 6.01. The van der Waals surface area contributed by atoms with Crippen LogP contribution in [-0.2, 0) is 6.42 Å². The molecule has 3 heteroatoms. The van der Waals surface area contributed by atoms with Crippen molar-refractivity contribution in [2.45, 2.75) is 90.0 Å². The van der Waals surface area contributed by atoms with Crippen LogP contribution in [0.25, 0.3) is 0 Å². The molecule has 1 aliphatic rings. The van der Waals surface area contributed by atoms with E-state index in [9.17, 15) is 5.11 Å². The van der Waals surface area contributed by atoms with Gasteiger partial charge in [0.2, 0.25) is 0 Å². The molecule has 0 heterocycles. The number of aryl methyl sites for hydroxylation is 1. The molecule has 154 valence electrons. The van der Waals surface area contributed by atoms with Crippen molar-refractivity contribution in [3.8, 4) is 5.75 Å². The van der Waals surface area contributed by atoms with Gasteiger partial charge in [-0.15, -0.1) is 0 Å². The minimum absolute atomic E-state index is 0.0852. The Morgan fingerprint density at radius 1 is 1.11 bits per heavy atom. The quantitative estimate of drug-likeness (QED) is 0.423. The molecule has 1 aliphatic carbocycles. The molecule has 27 heavy (non-hydrogen) atoms. The summed E-state index contributed by atoms with van der Waals surface area (Å²) in [4.78, 5) is 0. The van der Waals surface area contributed by atoms with Crippen LogP contribution in [0.1, 0.15) is 83.6 Å². The highest BCUT2D eigenvalue weighted by atomic mass is 16.5. The molecule has 1 saturated carbocycles. The van der Waals surface area contributed by atoms with Crippen LogP contribution in [0.2, 0.25) is 0 Å². The molecule has 0 amide bonds. The Bertz CT molecular complexity index is 510. The second kappa shape index (κ2) is 11.7. The maximum Gasteiger partial charge on any atom is 0.119 e. The lowest BCUT2D eigenvalue weighted by molar-refractivity contribution is 0.135. The molecule has 0 spiro atoms. The lowest BCUT2D eigenvalue weighted by Crippen LogP contribution is -2.46. The summed E-state index contributed by atoms with van der Waals surface area (Å²) in [5.74, 6) is 2.50. The van der Waals surface area contributed by atoms with Gasteiger partial charge in [-0.1, -0.05) is 70.9 Å². The van der Waals surface area contributed by atoms with Crippen LogP contribution in [0, 0.1) is 11.8 Å². The normalized spacial score (nSPS) is 16.9. The second-order valence-corrected chi connectivity index (χ2v) is 9.11. The number of rotatable bonds is 14. The van der Waals surface area contributed by atoms with E-state index in [0.29, 0.717) is 0 Å². The number of aliphatic hydroxyl groups excluding tert-OH is 1. The first kappa shape index (κ1) is 22.2. The highest BCUT2D eigenvalue weighted by Crippen LogP contribution is 2.34. The molecule has 1 aromatic rings. The van der Waals surface area contributed by atoms with Crippen LogP contribution in [0.15, 0.2) is 24.3 Å². The van der Waals surface area contributed by atoms with Gasteiger partial charge >= 0.3 is 0 Å². The fourth-order valence-electron chi connectivity index (χ4n) is 3.86. The van der Waals surface area contributed by atoms with E-state index in [-0.39, 0.29) is 6.61 Å². The molecule has 0 saturated heterocycles. The van der Waals surface area contributed by atoms with Crippen molar-refractivity contribution in [3.05, 3.63) is 29.8 Å². The van der Waals surface area contributed by atoms with Crippen LogP contribution in [0.5, 0.6) is 5.75 Å². The molecule has 0 radical (unpaired) electrons. The second-order valence-electron chi connectivity index (χ2n) is 9.11. The van der Waals surface area contributed by atoms with E-state index in [0.717, 1.165) is 49.9 Å². The Hall–Kier alpha value is -1.06. The van der Waals surface area contributed by atoms with Gasteiger partial charge in [0.15, 0.2) is 0 Å². The minimum atomic E-state index is -0.421. The van der Waals surface area contributed by atoms with Crippen LogP contribution >= 0.6 is 0 Å². The summed E-state index contributed by atoms with van der Waals surface area (Å²) >= 11 is 0. The van der Waals surface area contributed by atoms with E-state index in [2.05, 4.69) is 38.1 Å². The van der Waals surface area contributed by atoms with Gasteiger partial charge < -0.3 is 15.6 Å². The average Bonchev–Trinajstić information content (AvgIpc) is 2.63. The molecule has 3 nitrogen and oxygen atoms in total. The van der Waals surface area contributed by atoms with Crippen molar-refractivity contribution < 1.29 is 9.84 Å². The van der Waals surface area contributed by atoms with Gasteiger partial charge in [0, 0.05) is 5.54 Å². The highest BCUT2D eigenvalue weighted by molar-refractivity contribution is 5.27. The fourth-order valence-corrected chi connectivity index (χ4v) is 3.86. The number of benzene rings is 1. The smallest absolute Gasteiger partial charge is 0.119 e. The Morgan fingerprint density at radius 2 is 1.81 bits per heavy atom. The van der Waals surface area contributed by atoms with E-state index < -0.39 is 5.54 Å². The zero-order chi connectivity index (χ0) is 19.5. The number of aliphatic hydroxyl groups is 1. The largest absolute Gasteiger partial charge is 0.494 e. The molecule has 2 rings (SSSR count). The fraction of sp³-hybridized carbons (Fsp3) is 0.750. The van der Waals surface area contributed by atoms with Crippen molar-refractivity contribution >= 4 is 0 Å². The lowest BCUT2D eigenvalue weighted by atomic mass is 9.75. The molecular weight excluding hydrogens is 334 g/mol. The number of hydrogen-bond acceptors (Lipinski definition) is 3. The molecule has 3 N–H and O–H groups in total. The summed E-state index contributed by atoms with van der Waals surface area (Å²) in [5, 5.41) is 9.73. The lowest BCUT2D eigenvalue weighted by Gasteiger charge is -2.35. The van der Waals surface area contributed by atoms with Crippen LogP contribution in [0.4, 0.5) is 0 Å². The highest BCUT2D eigenvalue weighted by Gasteiger charge is 2.30. The predicted octanol–water partition coefficient (Wildman–Crippen LogP) is 5.48. The van der Waals surface area contributed by atoms with Crippen LogP contribution < -0.4 is 10.5 Å². The average molecular weight is 376 g/mol. The van der Waals surface area contributed by atoms with Gasteiger partial charge in [-0.05, 0) is 55.2 Å². The minimum Gasteiger partial charge on any atom is -0.494 e. The molecule has 0 aliphatic heterocycles. The number of ether oxygens (including phenoxy) is 1. The maximum atomic E-state index is 9.73. The summed E-state index contributed by atoms with van der Waals surface area (Å²) in [6, 6.07) is 8.41. The molecule has 0 aromatic heterocycles. The van der Waals surface area contributed by atoms with Gasteiger partial charge in [0.25, 0.3) is 0 Å². The Kier molecular flexibility index (Phi) is 9.64. The molecule has 1 fully saturated rings. The first-order valence-corrected chi connectivity index (χ1v) is 11.1. The van der Waals surface area contributed by atoms with Crippen molar-refractivity contribution in [1.29, 1.82) is 0 Å². The zero-order valence-electron chi connectivity index (χ0n) is 17.6. The summed E-state index contributed by atoms with van der Waals surface area (Å²) in [7, 11) is 0. The number of unbranched alkanes of at least 4 members (excludes halogenated alkanes) is 3. The summed E-state index contributed by atoms with van der Waals surface area (Å²) < 4.78 is 5.87. The van der Waals surface area contributed by atoms with E-state index in [1.165, 1.54) is 50.5 Å². The van der Waals surface area contributed by atoms with Crippen molar-refractivity contribution in [2.24, 2.45) is 17.6 Å². The van der Waals surface area contributed by atoms with E-state index >= 15 is 0 Å². The predicted molar refractivity (Wildman–Crippen MR) is 114 cm³/mol. The molecular formula is C24H41NO2. The zero-order valence-corrected chi connectivity index (χ0v) is 17.6. The Balaban J connectivity index is 1.62. The molecule has 0 bridgehead atoms. The molecule has 1 aromatic carbocycles. The van der Waals surface area contributed by atoms with Gasteiger partial charge in [0.05, 0.1) is 13.2 Å². The van der Waals surface area contributed by atoms with Crippen LogP contribution in [0.3, 0.4) is 0 Å². The number of hydrogen-bond donors (Lipinski definition) is 2. The van der Waals surface area contributed by atoms with E-state index in [4.69, 9.17) is 10.5 Å². The third kappa shape index (κ3) is 8.66. The maximum absolute atomic E-state index is 9.73. The van der Waals surface area contributed by atoms with Crippen molar-refractivity contribution in [3.63, 3.8) is 0 Å². The van der Waals surface area contributed by atoms with Crippen molar-refractivity contribution in [1.82, 2.24) is 0 Å². The summed E-state index contributed by atoms with van der Waals surface area (Å²) in [6.07, 6.45) is 13.0. The SMILES string of the molecule is CC(C)CCCCCCOc1ccc(CCC(N)(CO)CC2CCC2)cc1. The number of nitrogens with two attached hydrogens (primary N) is 1. The van der Waals surface area contributed by atoms with Gasteiger partial charge in [-0.25, -0.2) is 0 Å². The topological polar surface area (TPSA) is 55.5 Å². The van der Waals surface area contributed by atoms with E-state index in [1.54, 1.807) is 0 Å². The van der Waals surface area contributed by atoms with E-state index in [1.807, 2.05) is 0 Å². The standard InChI is InChI=1S/C24H41NO2/c1-20(2)8-5-3-4-6-17-27-23-13-11-21(12-14-23)15-16-24(25,19-26)18-22-9-7-10-22/h11-14,20,22,26H,3-10,15-19,25H2,1-2H3. The van der Waals surface area contributed by atoms with Gasteiger partial charge in [-0.3, -0.25) is 0 Å². The Labute approximate surface area is 166 Å². The Morgan fingerprint density at radius 3 is 2.41 bits per heavy atom. The van der Waals surface area contributed by atoms with Crippen LogP contribution in [-0.4, -0.2) is 23.9 Å². The summed E-state index contributed by atoms with van der Waals surface area (Å²) in [5.41, 5.74) is 7.29. The van der Waals surface area contributed by atoms with Gasteiger partial charge in [-0.2, -0.15) is 0 Å². The third-order valence-corrected chi connectivity index (χ3v) is 6.01. The first-order valence-electron chi connectivity index (χ1n) is 11.1. The monoisotopic (exact) mass is 375 g/mol. The molecule has 1 unspecified atom stereocenters. The molecule has 1 atom stereocenters. The summed E-state index contributed by atoms with van der Waals surface area (Å²) in [6.45, 7) is 5.47.